The van der Waals surface area contributed by atoms with Crippen LogP contribution in [0.5, 0.6) is 0 Å². The maximum atomic E-state index is 12.4. The first-order chi connectivity index (χ1) is 13.8. The molecule has 0 aromatic carbocycles. The molecule has 8 nitrogen and oxygen atoms in total. The van der Waals surface area contributed by atoms with Crippen LogP contribution in [0.1, 0.15) is 27.2 Å². The molecule has 3 aliphatic rings. The van der Waals surface area contributed by atoms with E-state index in [1.165, 1.54) is 4.90 Å². The lowest BCUT2D eigenvalue weighted by Gasteiger charge is -2.46. The first-order valence-electron chi connectivity index (χ1n) is 9.89. The number of carbonyl (C=O) groups is 2. The molecule has 10 heteroatoms. The van der Waals surface area contributed by atoms with Crippen LogP contribution in [0.25, 0.3) is 0 Å². The zero-order chi connectivity index (χ0) is 21.3. The van der Waals surface area contributed by atoms with Crippen molar-refractivity contribution in [3.63, 3.8) is 0 Å². The van der Waals surface area contributed by atoms with Gasteiger partial charge in [-0.25, -0.2) is 4.79 Å². The molecule has 4 N–H and O–H groups in total. The Balaban J connectivity index is 1.63. The van der Waals surface area contributed by atoms with Crippen LogP contribution < -0.4 is 5.32 Å². The monoisotopic (exact) mass is 443 g/mol. The standard InChI is InChI=1S/C19H29N3O5S2/c1-9-15-14(10(2)24)18(25)22(15)16(19(26)27)17(9)29-13-6-12(21-7-13)8-28-11(3)20-4-5-23/h9-10,12-15,21,23-24H,4-8H2,1-3H3,(H,26,27)/t9-,10-,12+,13+,14-,15?/m1/s1. The summed E-state index contributed by atoms with van der Waals surface area (Å²) < 4.78 is 0. The fourth-order valence-corrected chi connectivity index (χ4v) is 6.73. The molecular weight excluding hydrogens is 414 g/mol. The van der Waals surface area contributed by atoms with Gasteiger partial charge in [0.1, 0.15) is 5.70 Å². The highest BCUT2D eigenvalue weighted by Crippen LogP contribution is 2.51. The molecule has 3 aliphatic heterocycles. The lowest BCUT2D eigenvalue weighted by Crippen LogP contribution is -2.63. The van der Waals surface area contributed by atoms with Gasteiger partial charge in [-0.2, -0.15) is 0 Å². The number of aliphatic hydroxyl groups is 2. The summed E-state index contributed by atoms with van der Waals surface area (Å²) in [7, 11) is 0. The summed E-state index contributed by atoms with van der Waals surface area (Å²) in [4.78, 5) is 30.7. The molecule has 0 radical (unpaired) electrons. The molecule has 0 aliphatic carbocycles. The molecular formula is C19H29N3O5S2. The van der Waals surface area contributed by atoms with Crippen molar-refractivity contribution in [1.29, 1.82) is 0 Å². The molecule has 1 unspecified atom stereocenters. The van der Waals surface area contributed by atoms with Crippen LogP contribution in [-0.4, -0.2) is 86.0 Å². The van der Waals surface area contributed by atoms with Crippen molar-refractivity contribution in [2.75, 3.05) is 25.4 Å². The second-order valence-corrected chi connectivity index (χ2v) is 10.3. The fourth-order valence-electron chi connectivity index (χ4n) is 4.33. The smallest absolute Gasteiger partial charge is 0.353 e. The molecule has 3 rings (SSSR count). The molecule has 2 fully saturated rings. The molecule has 0 saturated carbocycles. The van der Waals surface area contributed by atoms with E-state index >= 15 is 0 Å². The van der Waals surface area contributed by atoms with E-state index < -0.39 is 18.0 Å². The minimum Gasteiger partial charge on any atom is -0.477 e. The Labute approximate surface area is 179 Å². The van der Waals surface area contributed by atoms with Crippen molar-refractivity contribution in [3.8, 4) is 0 Å². The van der Waals surface area contributed by atoms with Gasteiger partial charge in [-0.05, 0) is 20.3 Å². The number of rotatable bonds is 8. The van der Waals surface area contributed by atoms with Gasteiger partial charge < -0.3 is 25.5 Å². The highest BCUT2D eigenvalue weighted by molar-refractivity contribution is 8.13. The Morgan fingerprint density at radius 2 is 2.17 bits per heavy atom. The molecule has 0 bridgehead atoms. The lowest BCUT2D eigenvalue weighted by atomic mass is 9.79. The van der Waals surface area contributed by atoms with Gasteiger partial charge in [-0.3, -0.25) is 9.79 Å². The number of carboxylic acids is 1. The lowest BCUT2D eigenvalue weighted by molar-refractivity contribution is -0.163. The predicted molar refractivity (Wildman–Crippen MR) is 115 cm³/mol. The maximum Gasteiger partial charge on any atom is 0.353 e. The van der Waals surface area contributed by atoms with Gasteiger partial charge in [0.2, 0.25) is 5.91 Å². The van der Waals surface area contributed by atoms with Crippen LogP contribution in [-0.2, 0) is 9.59 Å². The fraction of sp³-hybridized carbons (Fsp3) is 0.737. The summed E-state index contributed by atoms with van der Waals surface area (Å²) in [5, 5.41) is 33.2. The maximum absolute atomic E-state index is 12.4. The topological polar surface area (TPSA) is 122 Å². The molecule has 162 valence electrons. The van der Waals surface area contributed by atoms with Gasteiger partial charge in [0.05, 0.1) is 36.3 Å². The molecule has 1 amide bonds. The highest BCUT2D eigenvalue weighted by atomic mass is 32.2. The van der Waals surface area contributed by atoms with Crippen LogP contribution in [0.15, 0.2) is 15.6 Å². The Bertz CT molecular complexity index is 727. The zero-order valence-corrected chi connectivity index (χ0v) is 18.5. The van der Waals surface area contributed by atoms with E-state index in [9.17, 15) is 19.8 Å². The minimum absolute atomic E-state index is 0.0495. The van der Waals surface area contributed by atoms with E-state index in [-0.39, 0.29) is 35.4 Å². The van der Waals surface area contributed by atoms with Crippen molar-refractivity contribution in [1.82, 2.24) is 10.2 Å². The van der Waals surface area contributed by atoms with Crippen LogP contribution in [0, 0.1) is 11.8 Å². The predicted octanol–water partition coefficient (Wildman–Crippen LogP) is 0.748. The Morgan fingerprint density at radius 3 is 2.79 bits per heavy atom. The molecule has 6 atom stereocenters. The molecule has 0 aromatic rings. The number of carbonyl (C=O) groups excluding carboxylic acids is 1. The summed E-state index contributed by atoms with van der Waals surface area (Å²) in [6.45, 7) is 6.73. The number of nitrogens with zero attached hydrogens (tertiary/aromatic N) is 2. The van der Waals surface area contributed by atoms with E-state index in [2.05, 4.69) is 10.3 Å². The van der Waals surface area contributed by atoms with Crippen LogP contribution in [0.2, 0.25) is 0 Å². The summed E-state index contributed by atoms with van der Waals surface area (Å²) >= 11 is 3.22. The molecule has 3 heterocycles. The number of nitrogens with one attached hydrogen (secondary N) is 1. The van der Waals surface area contributed by atoms with Gasteiger partial charge in [0.15, 0.2) is 0 Å². The van der Waals surface area contributed by atoms with Gasteiger partial charge in [-0.1, -0.05) is 6.92 Å². The second-order valence-electron chi connectivity index (χ2n) is 7.79. The van der Waals surface area contributed by atoms with E-state index in [1.54, 1.807) is 30.4 Å². The zero-order valence-electron chi connectivity index (χ0n) is 16.9. The van der Waals surface area contributed by atoms with Gasteiger partial charge >= 0.3 is 5.97 Å². The van der Waals surface area contributed by atoms with E-state index in [0.717, 1.165) is 28.7 Å². The summed E-state index contributed by atoms with van der Waals surface area (Å²) in [6.07, 6.45) is 0.128. The van der Waals surface area contributed by atoms with Crippen molar-refractivity contribution < 1.29 is 24.9 Å². The average Bonchev–Trinajstić information content (AvgIpc) is 3.20. The number of aliphatic imine (C=N–C) groups is 1. The molecule has 2 saturated heterocycles. The quantitative estimate of drug-likeness (QED) is 0.246. The Kier molecular flexibility index (Phi) is 7.32. The SMILES string of the molecule is CC(=NCCO)SC[C@@H]1C[C@H](SC2=C(C(=O)O)N3C(=O)[C@H]([C@@H](C)O)C3[C@H]2C)CN1. The van der Waals surface area contributed by atoms with Crippen molar-refractivity contribution >= 4 is 40.4 Å². The number of hydrogen-bond acceptors (Lipinski definition) is 8. The number of thioether (sulfide) groups is 2. The van der Waals surface area contributed by atoms with Gasteiger partial charge in [0.25, 0.3) is 0 Å². The number of amides is 1. The Morgan fingerprint density at radius 1 is 1.45 bits per heavy atom. The normalized spacial score (nSPS) is 33.1. The number of carboxylic acid groups (broad SMARTS) is 1. The third kappa shape index (κ3) is 4.51. The van der Waals surface area contributed by atoms with Crippen molar-refractivity contribution in [2.45, 2.75) is 50.6 Å². The third-order valence-corrected chi connectivity index (χ3v) is 8.34. The Hall–Kier alpha value is -1.07. The number of aliphatic carboxylic acids is 1. The van der Waals surface area contributed by atoms with Crippen LogP contribution in [0.3, 0.4) is 0 Å². The number of hydrogen-bond donors (Lipinski definition) is 4. The number of β-lactam (4-membered cyclic amide) rings is 1. The van der Waals surface area contributed by atoms with E-state index in [4.69, 9.17) is 5.11 Å². The number of aliphatic hydroxyl groups excluding tert-OH is 2. The molecule has 0 spiro atoms. The van der Waals surface area contributed by atoms with Crippen LogP contribution in [0.4, 0.5) is 0 Å². The number of fused-ring (bicyclic) bond motifs is 1. The highest BCUT2D eigenvalue weighted by Gasteiger charge is 2.60. The largest absolute Gasteiger partial charge is 0.477 e. The summed E-state index contributed by atoms with van der Waals surface area (Å²) in [6, 6.07) is 0.0495. The van der Waals surface area contributed by atoms with E-state index in [1.807, 2.05) is 13.8 Å². The van der Waals surface area contributed by atoms with E-state index in [0.29, 0.717) is 12.6 Å². The molecule has 29 heavy (non-hydrogen) atoms. The average molecular weight is 444 g/mol. The van der Waals surface area contributed by atoms with Crippen molar-refractivity contribution in [3.05, 3.63) is 10.6 Å². The minimum atomic E-state index is -1.08. The molecule has 0 aromatic heterocycles. The first kappa shape index (κ1) is 22.6. The van der Waals surface area contributed by atoms with Crippen molar-refractivity contribution in [2.24, 2.45) is 16.8 Å². The third-order valence-electron chi connectivity index (χ3n) is 5.71. The van der Waals surface area contributed by atoms with Crippen LogP contribution >= 0.6 is 23.5 Å². The van der Waals surface area contributed by atoms with Gasteiger partial charge in [0, 0.05) is 34.4 Å². The second kappa shape index (κ2) is 9.38. The first-order valence-corrected chi connectivity index (χ1v) is 11.8. The summed E-state index contributed by atoms with van der Waals surface area (Å²) in [5.41, 5.74) is 0.0965. The van der Waals surface area contributed by atoms with Gasteiger partial charge in [-0.15, -0.1) is 23.5 Å². The summed E-state index contributed by atoms with van der Waals surface area (Å²) in [5.74, 6) is -1.11.